The zero-order chi connectivity index (χ0) is 48.0. The van der Waals surface area contributed by atoms with Crippen LogP contribution in [-0.2, 0) is 38.1 Å². The number of nitrogens with one attached hydrogen (secondary N) is 1. The van der Waals surface area contributed by atoms with Crippen LogP contribution in [0, 0.1) is 28.1 Å². The molecule has 3 unspecified atom stereocenters. The van der Waals surface area contributed by atoms with Gasteiger partial charge in [0.15, 0.2) is 11.9 Å². The molecule has 0 spiro atoms. The summed E-state index contributed by atoms with van der Waals surface area (Å²) in [5, 5.41) is 16.5. The second kappa shape index (κ2) is 18.7. The van der Waals surface area contributed by atoms with E-state index >= 15 is 4.79 Å². The van der Waals surface area contributed by atoms with Gasteiger partial charge in [0.2, 0.25) is 6.10 Å². The minimum absolute atomic E-state index is 0.122. The Labute approximate surface area is 376 Å². The molecule has 14 atom stereocenters. The van der Waals surface area contributed by atoms with Crippen LogP contribution >= 0.6 is 0 Å². The maximum Gasteiger partial charge on any atom is 0.411 e. The summed E-state index contributed by atoms with van der Waals surface area (Å²) in [6.45, 7) is 15.5. The summed E-state index contributed by atoms with van der Waals surface area (Å²) in [5.74, 6) is -3.28. The summed E-state index contributed by atoms with van der Waals surface area (Å²) < 4.78 is 30.8. The number of nitrogens with zero attached hydrogens (tertiary/aromatic N) is 3. The highest BCUT2D eigenvalue weighted by Crippen LogP contribution is 2.67. The average Bonchev–Trinajstić information content (AvgIpc) is 3.23. The zero-order valence-corrected chi connectivity index (χ0v) is 39.0. The van der Waals surface area contributed by atoms with Crippen molar-refractivity contribution in [2.45, 2.75) is 136 Å². The minimum Gasteiger partial charge on any atom is -0.455 e. The van der Waals surface area contributed by atoms with E-state index in [9.17, 15) is 29.1 Å². The lowest BCUT2D eigenvalue weighted by molar-refractivity contribution is -0.302. The van der Waals surface area contributed by atoms with Crippen molar-refractivity contribution in [3.05, 3.63) is 47.0 Å². The van der Waals surface area contributed by atoms with Crippen molar-refractivity contribution in [3.8, 4) is 0 Å². The fourth-order valence-electron chi connectivity index (χ4n) is 10.5. The number of carbonyl (C=O) groups is 6. The minimum atomic E-state index is -1.85. The van der Waals surface area contributed by atoms with Gasteiger partial charge in [-0.15, -0.1) is 0 Å². The number of benzene rings is 1. The molecule has 19 nitrogen and oxygen atoms in total. The van der Waals surface area contributed by atoms with Crippen molar-refractivity contribution < 1.29 is 57.6 Å². The molecule has 2 saturated carbocycles. The number of nitrogens with two attached hydrogens (primary N) is 3. The smallest absolute Gasteiger partial charge is 0.411 e. The maximum atomic E-state index is 16.0. The van der Waals surface area contributed by atoms with Crippen LogP contribution in [0.15, 0.2) is 41.5 Å². The van der Waals surface area contributed by atoms with Gasteiger partial charge in [0.1, 0.15) is 12.2 Å². The first-order chi connectivity index (χ1) is 29.7. The number of amides is 3. The third-order valence-corrected chi connectivity index (χ3v) is 14.9. The highest BCUT2D eigenvalue weighted by molar-refractivity contribution is 6.64. The Bertz CT molecular complexity index is 1990. The van der Waals surface area contributed by atoms with Crippen LogP contribution in [0.4, 0.5) is 14.4 Å². The third-order valence-electron chi connectivity index (χ3n) is 14.9. The van der Waals surface area contributed by atoms with Gasteiger partial charge in [-0.25, -0.2) is 19.2 Å². The summed E-state index contributed by atoms with van der Waals surface area (Å²) in [5.41, 5.74) is 13.5. The normalized spacial score (nSPS) is 32.8. The Balaban J connectivity index is 1.73. The highest BCUT2D eigenvalue weighted by atomic mass is 16.6. The molecule has 3 amide bonds. The molecule has 1 heterocycles. The monoisotopic (exact) mass is 896 g/mol. The van der Waals surface area contributed by atoms with E-state index in [1.807, 2.05) is 13.8 Å². The maximum absolute atomic E-state index is 16.0. The lowest BCUT2D eigenvalue weighted by Crippen LogP contribution is -2.75. The molecule has 0 aromatic heterocycles. The number of ether oxygens (including phenoxy) is 5. The first kappa shape index (κ1) is 50.4. The summed E-state index contributed by atoms with van der Waals surface area (Å²) in [6.07, 6.45) is -11.2. The summed E-state index contributed by atoms with van der Waals surface area (Å²) >= 11 is 0. The number of hydrogen-bond acceptors (Lipinski definition) is 16. The Morgan fingerprint density at radius 2 is 1.45 bits per heavy atom. The quantitative estimate of drug-likeness (QED) is 0.0475. The van der Waals surface area contributed by atoms with Crippen LogP contribution in [0.2, 0.25) is 0 Å². The van der Waals surface area contributed by atoms with Gasteiger partial charge in [0.25, 0.3) is 7.41 Å². The average molecular weight is 897 g/mol. The van der Waals surface area contributed by atoms with Crippen molar-refractivity contribution in [1.29, 1.82) is 0 Å². The number of Topliss-reactive ketones (excluding diaryl/α,β-unsaturated/α-hetero) is 1. The lowest BCUT2D eigenvalue weighted by atomic mass is 9.40. The van der Waals surface area contributed by atoms with E-state index < -0.39 is 119 Å². The standard InChI is InChI=1S/C44H67BN7O12/c1-22-28(61-37(55)34(64-40(58)52(12)26(5)48)32(49-45-21-53)27-16-14-13-15-17-27)19-44(59)23(2)35-42(8)20-60-29(42)18-30(62-38(56)50(10)24(3)46)43(35,9)36(54)33(31(22)41(44,6)7)63-39(57)51(11)25(4)47/h13-17,21,23-26,28-30,32-35,49,59H,18-20,46-48H2,1-12H3/t23-,24?,25?,26?,28-,29+,30-,32-,33+,34+,35+,42+,43+,44+/m0/s1. The van der Waals surface area contributed by atoms with Gasteiger partial charge in [-0.2, -0.15) is 0 Å². The van der Waals surface area contributed by atoms with Crippen molar-refractivity contribution >= 4 is 43.6 Å². The van der Waals surface area contributed by atoms with Crippen molar-refractivity contribution in [1.82, 2.24) is 19.9 Å². The van der Waals surface area contributed by atoms with Crippen molar-refractivity contribution in [2.24, 2.45) is 45.3 Å². The van der Waals surface area contributed by atoms with Gasteiger partial charge in [-0.1, -0.05) is 58.0 Å². The number of rotatable bonds is 13. The Morgan fingerprint density at radius 1 is 0.906 bits per heavy atom. The predicted molar refractivity (Wildman–Crippen MR) is 234 cm³/mol. The van der Waals surface area contributed by atoms with E-state index in [4.69, 9.17) is 40.9 Å². The molecule has 1 radical (unpaired) electrons. The molecule has 1 aliphatic heterocycles. The summed E-state index contributed by atoms with van der Waals surface area (Å²) in [6, 6.07) is 7.32. The molecular formula is C44H67BN7O12. The molecule has 4 aliphatic rings. The first-order valence-corrected chi connectivity index (χ1v) is 21.7. The number of ketones is 1. The van der Waals surface area contributed by atoms with E-state index in [0.29, 0.717) is 11.7 Å². The van der Waals surface area contributed by atoms with Gasteiger partial charge < -0.3 is 56.0 Å². The van der Waals surface area contributed by atoms with Gasteiger partial charge in [-0.05, 0) is 63.2 Å². The van der Waals surface area contributed by atoms with Crippen molar-refractivity contribution in [3.63, 3.8) is 0 Å². The number of carbonyl (C=O) groups excluding carboxylic acids is 6. The van der Waals surface area contributed by atoms with Crippen LogP contribution in [-0.4, -0.2) is 146 Å². The molecule has 3 aliphatic carbocycles. The number of fused-ring (bicyclic) bond motifs is 5. The third kappa shape index (κ3) is 8.64. The van der Waals surface area contributed by atoms with Crippen LogP contribution < -0.4 is 22.4 Å². The van der Waals surface area contributed by atoms with Crippen molar-refractivity contribution in [2.75, 3.05) is 27.7 Å². The summed E-state index contributed by atoms with van der Waals surface area (Å²) in [4.78, 5) is 87.0. The molecule has 1 aromatic carbocycles. The molecule has 1 aromatic rings. The van der Waals surface area contributed by atoms with E-state index in [1.54, 1.807) is 78.8 Å². The summed E-state index contributed by atoms with van der Waals surface area (Å²) in [7, 11) is 5.34. The molecular weight excluding hydrogens is 829 g/mol. The predicted octanol–water partition coefficient (Wildman–Crippen LogP) is 2.39. The molecule has 1 saturated heterocycles. The zero-order valence-electron chi connectivity index (χ0n) is 39.0. The second-order valence-corrected chi connectivity index (χ2v) is 19.1. The Hall–Kier alpha value is -4.60. The second-order valence-electron chi connectivity index (χ2n) is 19.1. The van der Waals surface area contributed by atoms with Gasteiger partial charge >= 0.3 is 24.2 Å². The van der Waals surface area contributed by atoms with Crippen LogP contribution in [0.1, 0.15) is 86.8 Å². The molecule has 20 heteroatoms. The number of aliphatic hydroxyl groups is 1. The fraction of sp³-hybridized carbons (Fsp3) is 0.682. The van der Waals surface area contributed by atoms with Crippen LogP contribution in [0.5, 0.6) is 0 Å². The van der Waals surface area contributed by atoms with E-state index in [2.05, 4.69) is 5.23 Å². The highest BCUT2D eigenvalue weighted by Gasteiger charge is 2.74. The Morgan fingerprint density at radius 3 is 1.97 bits per heavy atom. The molecule has 64 heavy (non-hydrogen) atoms. The van der Waals surface area contributed by atoms with Gasteiger partial charge in [0, 0.05) is 44.8 Å². The fourth-order valence-corrected chi connectivity index (χ4v) is 10.5. The molecule has 353 valence electrons. The molecule has 5 rings (SSSR count). The molecule has 8 N–H and O–H groups in total. The van der Waals surface area contributed by atoms with E-state index in [1.165, 1.54) is 26.0 Å². The van der Waals surface area contributed by atoms with Crippen LogP contribution in [0.3, 0.4) is 0 Å². The number of esters is 1. The molecule has 2 bridgehead atoms. The van der Waals surface area contributed by atoms with E-state index in [-0.39, 0.29) is 30.6 Å². The van der Waals surface area contributed by atoms with Gasteiger partial charge in [-0.3, -0.25) is 19.5 Å². The largest absolute Gasteiger partial charge is 0.455 e. The topological polar surface area (TPSA) is 269 Å². The van der Waals surface area contributed by atoms with Crippen LogP contribution in [0.25, 0.3) is 0 Å². The number of hydrogen-bond donors (Lipinski definition) is 5. The molecule has 3 fully saturated rings. The van der Waals surface area contributed by atoms with E-state index in [0.717, 1.165) is 17.2 Å². The first-order valence-electron chi connectivity index (χ1n) is 21.7. The lowest BCUT2D eigenvalue weighted by Gasteiger charge is -2.68. The SMILES string of the molecule is CC1=C2[C@@H](OC(=O)N(C)C(C)N)C(=O)[C@]3(C)[C@@H](OC(=O)N(C)C(C)N)C[C@H]4OC[C@@]4(C)[C@H]3[C@H](C)[C@](O)(C[C@@H]1OC(=O)[C@H](OC(=O)N(C)C(C)N)[C@@H](N[B]C=O)c1ccccc1)C2(C)C. The van der Waals surface area contributed by atoms with Gasteiger partial charge in [0.05, 0.1) is 54.5 Å². The Kier molecular flexibility index (Phi) is 14.7.